The first kappa shape index (κ1) is 26.7. The van der Waals surface area contributed by atoms with Gasteiger partial charge in [0, 0.05) is 11.4 Å². The van der Waals surface area contributed by atoms with Gasteiger partial charge < -0.3 is 20.9 Å². The molecule has 0 saturated heterocycles. The van der Waals surface area contributed by atoms with E-state index in [-0.39, 0.29) is 5.91 Å². The number of ether oxygens (including phenoxy) is 1. The lowest BCUT2D eigenvalue weighted by atomic mass is 9.87. The van der Waals surface area contributed by atoms with E-state index in [9.17, 15) is 18.0 Å². The number of alkyl halides is 3. The highest BCUT2D eigenvalue weighted by Crippen LogP contribution is 2.29. The van der Waals surface area contributed by atoms with Crippen molar-refractivity contribution in [3.05, 3.63) is 41.3 Å². The quantitative estimate of drug-likeness (QED) is 0.429. The van der Waals surface area contributed by atoms with Gasteiger partial charge in [-0.2, -0.15) is 13.2 Å². The Balaban J connectivity index is 0.000000479. The SMILES string of the molecule is NC(=O)c1ccc(-c2ccc(OCCNCCC3CCCCC3)cc2)s1.O=C(O)C(F)(F)F. The second kappa shape index (κ2) is 13.2. The Bertz CT molecular complexity index is 879. The van der Waals surface area contributed by atoms with Crippen LogP contribution >= 0.6 is 11.3 Å². The fraction of sp³-hybridized carbons (Fsp3) is 0.478. The summed E-state index contributed by atoms with van der Waals surface area (Å²) >= 11 is 1.41. The first-order valence-electron chi connectivity index (χ1n) is 10.8. The molecule has 0 atom stereocenters. The second-order valence-corrected chi connectivity index (χ2v) is 8.83. The molecular weight excluding hydrogens is 457 g/mol. The Hall–Kier alpha value is -2.59. The highest BCUT2D eigenvalue weighted by atomic mass is 32.1. The van der Waals surface area contributed by atoms with Gasteiger partial charge in [-0.15, -0.1) is 11.3 Å². The Labute approximate surface area is 194 Å². The predicted molar refractivity (Wildman–Crippen MR) is 122 cm³/mol. The maximum Gasteiger partial charge on any atom is 0.490 e. The summed E-state index contributed by atoms with van der Waals surface area (Å²) in [6, 6.07) is 11.7. The number of rotatable bonds is 9. The van der Waals surface area contributed by atoms with Crippen molar-refractivity contribution in [2.75, 3.05) is 19.7 Å². The van der Waals surface area contributed by atoms with Crippen LogP contribution in [0.25, 0.3) is 10.4 Å². The van der Waals surface area contributed by atoms with Gasteiger partial charge in [0.1, 0.15) is 12.4 Å². The zero-order valence-electron chi connectivity index (χ0n) is 18.2. The number of carboxylic acids is 1. The number of carbonyl (C=O) groups excluding carboxylic acids is 1. The van der Waals surface area contributed by atoms with Gasteiger partial charge in [0.05, 0.1) is 4.88 Å². The van der Waals surface area contributed by atoms with Crippen molar-refractivity contribution < 1.29 is 32.6 Å². The molecule has 10 heteroatoms. The van der Waals surface area contributed by atoms with Gasteiger partial charge in [-0.25, -0.2) is 4.79 Å². The molecule has 3 rings (SSSR count). The Morgan fingerprint density at radius 3 is 2.24 bits per heavy atom. The predicted octanol–water partition coefficient (Wildman–Crippen LogP) is 5.09. The van der Waals surface area contributed by atoms with Crippen LogP contribution in [0.15, 0.2) is 36.4 Å². The normalized spacial score (nSPS) is 14.3. The molecule has 1 aromatic carbocycles. The third kappa shape index (κ3) is 9.83. The van der Waals surface area contributed by atoms with Crippen LogP contribution < -0.4 is 15.8 Å². The van der Waals surface area contributed by atoms with Crippen molar-refractivity contribution in [1.82, 2.24) is 5.32 Å². The van der Waals surface area contributed by atoms with E-state index in [0.717, 1.165) is 35.2 Å². The first-order valence-corrected chi connectivity index (χ1v) is 11.6. The number of halogens is 3. The summed E-state index contributed by atoms with van der Waals surface area (Å²) in [6.07, 6.45) is 3.29. The molecule has 0 aliphatic heterocycles. The number of thiophene rings is 1. The van der Waals surface area contributed by atoms with E-state index in [2.05, 4.69) is 5.32 Å². The Morgan fingerprint density at radius 1 is 1.06 bits per heavy atom. The Kier molecular flexibility index (Phi) is 10.7. The standard InChI is InChI=1S/C21H28N2O2S.C2HF3O2/c22-21(24)20-11-10-19(26-20)17-6-8-18(9-7-17)25-15-14-23-13-12-16-4-2-1-3-5-16;3-2(4,5)1(6)7/h6-11,16,23H,1-5,12-15H2,(H2,22,24);(H,6,7). The van der Waals surface area contributed by atoms with Crippen molar-refractivity contribution in [3.8, 4) is 16.2 Å². The van der Waals surface area contributed by atoms with Gasteiger partial charge in [-0.3, -0.25) is 4.79 Å². The number of hydrogen-bond donors (Lipinski definition) is 3. The maximum atomic E-state index is 11.2. The van der Waals surface area contributed by atoms with E-state index >= 15 is 0 Å². The van der Waals surface area contributed by atoms with Crippen LogP contribution in [0, 0.1) is 5.92 Å². The number of carboxylic acid groups (broad SMARTS) is 1. The number of benzene rings is 1. The number of hydrogen-bond acceptors (Lipinski definition) is 5. The number of aliphatic carboxylic acids is 1. The van der Waals surface area contributed by atoms with Crippen molar-refractivity contribution in [2.24, 2.45) is 11.7 Å². The molecule has 1 amide bonds. The van der Waals surface area contributed by atoms with Crippen LogP contribution in [0.1, 0.15) is 48.2 Å². The third-order valence-electron chi connectivity index (χ3n) is 5.23. The van der Waals surface area contributed by atoms with Crippen LogP contribution in [-0.4, -0.2) is 42.9 Å². The topological polar surface area (TPSA) is 102 Å². The van der Waals surface area contributed by atoms with Crippen LogP contribution in [0.3, 0.4) is 0 Å². The van der Waals surface area contributed by atoms with Gasteiger partial charge in [0.2, 0.25) is 0 Å². The number of carbonyl (C=O) groups is 2. The fourth-order valence-corrected chi connectivity index (χ4v) is 4.35. The summed E-state index contributed by atoms with van der Waals surface area (Å²) in [6.45, 7) is 2.64. The monoisotopic (exact) mass is 486 g/mol. The Morgan fingerprint density at radius 2 is 1.70 bits per heavy atom. The maximum absolute atomic E-state index is 11.2. The minimum atomic E-state index is -5.08. The van der Waals surface area contributed by atoms with Gasteiger partial charge in [0.15, 0.2) is 0 Å². The summed E-state index contributed by atoms with van der Waals surface area (Å²) in [5.74, 6) is -1.34. The molecule has 6 nitrogen and oxygen atoms in total. The van der Waals surface area contributed by atoms with E-state index in [1.165, 1.54) is 49.9 Å². The second-order valence-electron chi connectivity index (χ2n) is 7.75. The van der Waals surface area contributed by atoms with Crippen molar-refractivity contribution in [1.29, 1.82) is 0 Å². The summed E-state index contributed by atoms with van der Waals surface area (Å²) in [7, 11) is 0. The molecule has 1 saturated carbocycles. The molecule has 0 unspecified atom stereocenters. The molecule has 0 radical (unpaired) electrons. The van der Waals surface area contributed by atoms with Crippen LogP contribution in [-0.2, 0) is 4.79 Å². The van der Waals surface area contributed by atoms with Crippen LogP contribution in [0.5, 0.6) is 5.75 Å². The van der Waals surface area contributed by atoms with E-state index in [0.29, 0.717) is 11.5 Å². The van der Waals surface area contributed by atoms with Gasteiger partial charge in [-0.05, 0) is 60.8 Å². The lowest BCUT2D eigenvalue weighted by Crippen LogP contribution is -2.24. The average molecular weight is 487 g/mol. The largest absolute Gasteiger partial charge is 0.492 e. The lowest BCUT2D eigenvalue weighted by molar-refractivity contribution is -0.192. The smallest absolute Gasteiger partial charge is 0.490 e. The summed E-state index contributed by atoms with van der Waals surface area (Å²) in [5.41, 5.74) is 6.38. The molecule has 0 spiro atoms. The number of nitrogens with one attached hydrogen (secondary N) is 1. The van der Waals surface area contributed by atoms with E-state index in [1.54, 1.807) is 6.07 Å². The van der Waals surface area contributed by atoms with E-state index < -0.39 is 12.1 Å². The van der Waals surface area contributed by atoms with Gasteiger partial charge in [0.25, 0.3) is 5.91 Å². The van der Waals surface area contributed by atoms with Crippen molar-refractivity contribution >= 4 is 23.2 Å². The summed E-state index contributed by atoms with van der Waals surface area (Å²) in [4.78, 5) is 21.7. The van der Waals surface area contributed by atoms with E-state index in [1.807, 2.05) is 30.3 Å². The lowest BCUT2D eigenvalue weighted by Gasteiger charge is -2.21. The minimum absolute atomic E-state index is 0.378. The molecular formula is C23H29F3N2O4S. The van der Waals surface area contributed by atoms with E-state index in [4.69, 9.17) is 20.4 Å². The molecule has 1 aliphatic carbocycles. The number of amides is 1. The number of primary amides is 1. The van der Waals surface area contributed by atoms with Crippen LogP contribution in [0.4, 0.5) is 13.2 Å². The first-order chi connectivity index (χ1) is 15.7. The average Bonchev–Trinajstić information content (AvgIpc) is 3.28. The molecule has 2 aromatic rings. The molecule has 0 bridgehead atoms. The van der Waals surface area contributed by atoms with Crippen molar-refractivity contribution in [2.45, 2.75) is 44.7 Å². The highest BCUT2D eigenvalue weighted by Gasteiger charge is 2.38. The highest BCUT2D eigenvalue weighted by molar-refractivity contribution is 7.17. The zero-order valence-corrected chi connectivity index (χ0v) is 19.0. The summed E-state index contributed by atoms with van der Waals surface area (Å²) < 4.78 is 37.5. The third-order valence-corrected chi connectivity index (χ3v) is 6.38. The van der Waals surface area contributed by atoms with Crippen molar-refractivity contribution in [3.63, 3.8) is 0 Å². The molecule has 182 valence electrons. The molecule has 1 aliphatic rings. The van der Waals surface area contributed by atoms with Crippen LogP contribution in [0.2, 0.25) is 0 Å². The molecule has 4 N–H and O–H groups in total. The molecule has 33 heavy (non-hydrogen) atoms. The zero-order chi connectivity index (χ0) is 24.3. The number of nitrogens with two attached hydrogens (primary N) is 1. The molecule has 1 aromatic heterocycles. The summed E-state index contributed by atoms with van der Waals surface area (Å²) in [5, 5.41) is 10.6. The molecule has 1 fully saturated rings. The minimum Gasteiger partial charge on any atom is -0.492 e. The van der Waals surface area contributed by atoms with Gasteiger partial charge >= 0.3 is 12.1 Å². The fourth-order valence-electron chi connectivity index (χ4n) is 3.49. The molecule has 1 heterocycles. The van der Waals surface area contributed by atoms with Gasteiger partial charge in [-0.1, -0.05) is 32.1 Å².